The van der Waals surface area contributed by atoms with Crippen molar-refractivity contribution >= 4 is 29.0 Å². The van der Waals surface area contributed by atoms with Crippen molar-refractivity contribution < 1.29 is 4.74 Å². The third kappa shape index (κ3) is 4.30. The Kier molecular flexibility index (Phi) is 5.46. The number of ether oxygens (including phenoxy) is 1. The second-order valence-corrected chi connectivity index (χ2v) is 4.98. The minimum absolute atomic E-state index is 0.552. The van der Waals surface area contributed by atoms with E-state index in [4.69, 9.17) is 16.3 Å². The Labute approximate surface area is 117 Å². The van der Waals surface area contributed by atoms with Crippen LogP contribution in [0, 0.1) is 0 Å². The maximum absolute atomic E-state index is 5.79. The molecule has 0 unspecified atom stereocenters. The highest BCUT2D eigenvalue weighted by Gasteiger charge is 1.92. The summed E-state index contributed by atoms with van der Waals surface area (Å²) in [7, 11) is 0. The van der Waals surface area contributed by atoms with Crippen LogP contribution >= 0.6 is 22.9 Å². The minimum Gasteiger partial charge on any atom is -0.373 e. The summed E-state index contributed by atoms with van der Waals surface area (Å²) in [6.07, 6.45) is 4.09. The molecular formula is C15H15ClOS. The smallest absolute Gasteiger partial charge is 0.0729 e. The molecule has 94 valence electrons. The maximum Gasteiger partial charge on any atom is 0.0729 e. The van der Waals surface area contributed by atoms with Gasteiger partial charge in [0, 0.05) is 5.88 Å². The maximum atomic E-state index is 5.79. The van der Waals surface area contributed by atoms with Crippen molar-refractivity contribution in [2.75, 3.05) is 6.61 Å². The molecule has 0 radical (unpaired) electrons. The van der Waals surface area contributed by atoms with Crippen molar-refractivity contribution in [1.29, 1.82) is 0 Å². The third-order valence-electron chi connectivity index (χ3n) is 2.48. The topological polar surface area (TPSA) is 9.23 Å². The summed E-state index contributed by atoms with van der Waals surface area (Å²) in [4.78, 5) is 0. The Bertz CT molecular complexity index is 491. The molecule has 0 fully saturated rings. The fraction of sp³-hybridized carbons (Fsp3) is 0.200. The van der Waals surface area contributed by atoms with E-state index in [9.17, 15) is 0 Å². The molecule has 0 atom stereocenters. The third-order valence-corrected chi connectivity index (χ3v) is 3.52. The van der Waals surface area contributed by atoms with Crippen LogP contribution in [0.15, 0.2) is 47.2 Å². The number of hydrogen-bond acceptors (Lipinski definition) is 2. The zero-order chi connectivity index (χ0) is 12.6. The van der Waals surface area contributed by atoms with Crippen LogP contribution in [0.5, 0.6) is 0 Å². The second-order valence-electron chi connectivity index (χ2n) is 3.93. The molecule has 1 aromatic carbocycles. The Balaban J connectivity index is 1.76. The highest BCUT2D eigenvalue weighted by molar-refractivity contribution is 7.07. The lowest BCUT2D eigenvalue weighted by atomic mass is 10.1. The van der Waals surface area contributed by atoms with Gasteiger partial charge in [-0.05, 0) is 33.5 Å². The Morgan fingerprint density at radius 2 is 2.17 bits per heavy atom. The van der Waals surface area contributed by atoms with Crippen molar-refractivity contribution in [3.8, 4) is 0 Å². The largest absolute Gasteiger partial charge is 0.373 e. The van der Waals surface area contributed by atoms with Crippen LogP contribution in [-0.4, -0.2) is 6.61 Å². The zero-order valence-corrected chi connectivity index (χ0v) is 11.6. The first-order valence-corrected chi connectivity index (χ1v) is 7.26. The number of thiophene rings is 1. The zero-order valence-electron chi connectivity index (χ0n) is 10.0. The lowest BCUT2D eigenvalue weighted by Crippen LogP contribution is -1.90. The minimum atomic E-state index is 0.552. The molecule has 0 spiro atoms. The summed E-state index contributed by atoms with van der Waals surface area (Å²) in [5.41, 5.74) is 3.53. The van der Waals surface area contributed by atoms with Gasteiger partial charge in [0.1, 0.15) is 0 Å². The van der Waals surface area contributed by atoms with Crippen molar-refractivity contribution in [3.05, 3.63) is 63.9 Å². The molecule has 1 nitrogen and oxygen atoms in total. The van der Waals surface area contributed by atoms with E-state index in [-0.39, 0.29) is 0 Å². The lowest BCUT2D eigenvalue weighted by Gasteiger charge is -1.99. The van der Waals surface area contributed by atoms with E-state index in [1.165, 1.54) is 5.56 Å². The normalized spacial score (nSPS) is 11.2. The fourth-order valence-corrected chi connectivity index (χ4v) is 2.40. The van der Waals surface area contributed by atoms with E-state index in [1.54, 1.807) is 11.3 Å². The highest BCUT2D eigenvalue weighted by Crippen LogP contribution is 2.10. The molecule has 0 N–H and O–H groups in total. The quantitative estimate of drug-likeness (QED) is 0.549. The average molecular weight is 279 g/mol. The number of benzene rings is 1. The van der Waals surface area contributed by atoms with Gasteiger partial charge in [-0.3, -0.25) is 0 Å². The van der Waals surface area contributed by atoms with Gasteiger partial charge in [-0.15, -0.1) is 11.6 Å². The van der Waals surface area contributed by atoms with E-state index >= 15 is 0 Å². The van der Waals surface area contributed by atoms with Gasteiger partial charge in [-0.1, -0.05) is 36.4 Å². The predicted octanol–water partition coefficient (Wildman–Crippen LogP) is 4.72. The molecule has 2 rings (SSSR count). The van der Waals surface area contributed by atoms with Gasteiger partial charge >= 0.3 is 0 Å². The molecule has 18 heavy (non-hydrogen) atoms. The molecular weight excluding hydrogens is 264 g/mol. The highest BCUT2D eigenvalue weighted by atomic mass is 35.5. The summed E-state index contributed by atoms with van der Waals surface area (Å²) < 4.78 is 5.55. The van der Waals surface area contributed by atoms with E-state index < -0.39 is 0 Å². The van der Waals surface area contributed by atoms with Gasteiger partial charge < -0.3 is 4.74 Å². The summed E-state index contributed by atoms with van der Waals surface area (Å²) in [5, 5.41) is 4.17. The van der Waals surface area contributed by atoms with Crippen LogP contribution in [0.4, 0.5) is 0 Å². The Morgan fingerprint density at radius 3 is 2.94 bits per heavy atom. The Morgan fingerprint density at radius 1 is 1.22 bits per heavy atom. The van der Waals surface area contributed by atoms with Crippen LogP contribution in [0.25, 0.3) is 6.08 Å². The summed E-state index contributed by atoms with van der Waals surface area (Å²) in [6, 6.07) is 10.3. The summed E-state index contributed by atoms with van der Waals surface area (Å²) in [6.45, 7) is 1.30. The van der Waals surface area contributed by atoms with Crippen molar-refractivity contribution in [3.63, 3.8) is 0 Å². The molecule has 2 aromatic rings. The van der Waals surface area contributed by atoms with Crippen LogP contribution in [0.3, 0.4) is 0 Å². The first-order chi connectivity index (χ1) is 8.88. The molecule has 0 amide bonds. The van der Waals surface area contributed by atoms with Crippen LogP contribution in [0.1, 0.15) is 16.7 Å². The van der Waals surface area contributed by atoms with Crippen LogP contribution < -0.4 is 0 Å². The van der Waals surface area contributed by atoms with E-state index in [2.05, 4.69) is 35.0 Å². The van der Waals surface area contributed by atoms with Crippen molar-refractivity contribution in [2.24, 2.45) is 0 Å². The number of alkyl halides is 1. The number of hydrogen-bond donors (Lipinski definition) is 0. The summed E-state index contributed by atoms with van der Waals surface area (Å²) in [5.74, 6) is 0.552. The molecule has 0 aliphatic heterocycles. The van der Waals surface area contributed by atoms with Gasteiger partial charge in [-0.2, -0.15) is 11.3 Å². The molecule has 1 heterocycles. The average Bonchev–Trinajstić information content (AvgIpc) is 2.92. The first-order valence-electron chi connectivity index (χ1n) is 5.79. The van der Waals surface area contributed by atoms with Crippen molar-refractivity contribution in [1.82, 2.24) is 0 Å². The molecule has 3 heteroatoms. The van der Waals surface area contributed by atoms with Crippen molar-refractivity contribution in [2.45, 2.75) is 12.5 Å². The molecule has 0 saturated carbocycles. The van der Waals surface area contributed by atoms with E-state index in [0.717, 1.165) is 11.1 Å². The molecule has 1 aromatic heterocycles. The van der Waals surface area contributed by atoms with Crippen LogP contribution in [0.2, 0.25) is 0 Å². The standard InChI is InChI=1S/C15H15ClOS/c16-10-14-4-1-3-13(9-14)5-2-7-17-11-15-6-8-18-12-15/h1-6,8-9,12H,7,10-11H2. The number of rotatable bonds is 6. The van der Waals surface area contributed by atoms with Gasteiger partial charge in [-0.25, -0.2) is 0 Å². The first kappa shape index (κ1) is 13.3. The lowest BCUT2D eigenvalue weighted by molar-refractivity contribution is 0.149. The van der Waals surface area contributed by atoms with Crippen LogP contribution in [-0.2, 0) is 17.2 Å². The molecule has 0 bridgehead atoms. The predicted molar refractivity (Wildman–Crippen MR) is 79.0 cm³/mol. The molecule has 0 saturated heterocycles. The van der Waals surface area contributed by atoms with Gasteiger partial charge in [0.05, 0.1) is 13.2 Å². The second kappa shape index (κ2) is 7.37. The van der Waals surface area contributed by atoms with Gasteiger partial charge in [0.25, 0.3) is 0 Å². The Hall–Kier alpha value is -1.09. The van der Waals surface area contributed by atoms with E-state index in [0.29, 0.717) is 19.1 Å². The van der Waals surface area contributed by atoms with Gasteiger partial charge in [0.15, 0.2) is 0 Å². The number of halogens is 1. The molecule has 0 aliphatic carbocycles. The summed E-state index contributed by atoms with van der Waals surface area (Å²) >= 11 is 7.49. The van der Waals surface area contributed by atoms with E-state index in [1.807, 2.05) is 18.2 Å². The van der Waals surface area contributed by atoms with Gasteiger partial charge in [0.2, 0.25) is 0 Å². The monoisotopic (exact) mass is 278 g/mol. The fourth-order valence-electron chi connectivity index (χ4n) is 1.58. The SMILES string of the molecule is ClCc1cccc(C=CCOCc2ccsc2)c1. The molecule has 0 aliphatic rings.